The molecular weight excluding hydrogens is 253 g/mol. The molecule has 0 radical (unpaired) electrons. The molecule has 0 amide bonds. The summed E-state index contributed by atoms with van der Waals surface area (Å²) < 4.78 is 6.16. The van der Waals surface area contributed by atoms with Gasteiger partial charge < -0.3 is 10.1 Å². The highest BCUT2D eigenvalue weighted by Crippen LogP contribution is 2.28. The van der Waals surface area contributed by atoms with Gasteiger partial charge in [0.15, 0.2) is 0 Å². The molecule has 1 saturated carbocycles. The number of hydrogen-bond acceptors (Lipinski definition) is 2. The van der Waals surface area contributed by atoms with Crippen LogP contribution in [0, 0.1) is 6.92 Å². The molecule has 106 valence electrons. The van der Waals surface area contributed by atoms with Crippen LogP contribution < -0.4 is 15.4 Å². The van der Waals surface area contributed by atoms with Crippen molar-refractivity contribution in [2.45, 2.75) is 58.5 Å². The van der Waals surface area contributed by atoms with E-state index >= 15 is 0 Å². The van der Waals surface area contributed by atoms with Gasteiger partial charge >= 0.3 is 0 Å². The van der Waals surface area contributed by atoms with E-state index in [1.807, 2.05) is 0 Å². The molecule has 0 aromatic heterocycles. The molecule has 1 aliphatic rings. The number of unbranched alkanes of at least 4 members (excludes halogenated alkanes) is 1. The molecule has 1 fully saturated rings. The molecule has 1 unspecified atom stereocenters. The van der Waals surface area contributed by atoms with Crippen molar-refractivity contribution in [2.75, 3.05) is 11.9 Å². The molecule has 19 heavy (non-hydrogen) atoms. The van der Waals surface area contributed by atoms with Crippen LogP contribution in [-0.2, 0) is 0 Å². The van der Waals surface area contributed by atoms with Gasteiger partial charge in [0, 0.05) is 18.3 Å². The van der Waals surface area contributed by atoms with Gasteiger partial charge in [-0.05, 0) is 56.0 Å². The summed E-state index contributed by atoms with van der Waals surface area (Å²) in [5.74, 6) is 1.05. The molecular formula is C16H26NOP. The van der Waals surface area contributed by atoms with Crippen molar-refractivity contribution in [2.24, 2.45) is 0 Å². The Morgan fingerprint density at radius 1 is 1.32 bits per heavy atom. The average Bonchev–Trinajstić information content (AvgIpc) is 2.88. The van der Waals surface area contributed by atoms with E-state index in [4.69, 9.17) is 4.74 Å². The number of rotatable bonds is 6. The molecule has 1 aromatic rings. The van der Waals surface area contributed by atoms with E-state index in [9.17, 15) is 0 Å². The van der Waals surface area contributed by atoms with Crippen LogP contribution in [0.1, 0.15) is 51.0 Å². The molecule has 2 rings (SSSR count). The van der Waals surface area contributed by atoms with Crippen molar-refractivity contribution in [1.29, 1.82) is 0 Å². The van der Waals surface area contributed by atoms with Crippen LogP contribution in [0.4, 0.5) is 5.69 Å². The van der Waals surface area contributed by atoms with E-state index in [2.05, 4.69) is 40.5 Å². The first-order valence-corrected chi connectivity index (χ1v) is 8.09. The Morgan fingerprint density at radius 2 is 2.05 bits per heavy atom. The zero-order chi connectivity index (χ0) is 13.7. The summed E-state index contributed by atoms with van der Waals surface area (Å²) in [5.41, 5.74) is 2.43. The van der Waals surface area contributed by atoms with Gasteiger partial charge in [-0.15, -0.1) is 9.24 Å². The molecule has 0 aliphatic heterocycles. The van der Waals surface area contributed by atoms with Gasteiger partial charge in [0.25, 0.3) is 0 Å². The van der Waals surface area contributed by atoms with Gasteiger partial charge in [-0.2, -0.15) is 0 Å². The van der Waals surface area contributed by atoms with Crippen molar-refractivity contribution >= 4 is 20.2 Å². The Hall–Kier alpha value is -0.750. The molecule has 2 nitrogen and oxygen atoms in total. The summed E-state index contributed by atoms with van der Waals surface area (Å²) in [6, 6.07) is 4.37. The zero-order valence-corrected chi connectivity index (χ0v) is 13.3. The van der Waals surface area contributed by atoms with Gasteiger partial charge in [0.2, 0.25) is 0 Å². The largest absolute Gasteiger partial charge is 0.490 e. The maximum absolute atomic E-state index is 6.16. The van der Waals surface area contributed by atoms with Gasteiger partial charge in [0.05, 0.1) is 6.10 Å². The standard InChI is InChI=1S/C16H26NOP/c1-3-4-9-17-14-11-15(12(2)10-16(14)19)18-13-7-5-6-8-13/h10-11,13,17H,3-9,19H2,1-2H3. The molecule has 1 atom stereocenters. The SMILES string of the molecule is CCCCNc1cc(OC2CCCC2)c(C)cc1P. The van der Waals surface area contributed by atoms with E-state index in [-0.39, 0.29) is 0 Å². The third-order valence-electron chi connectivity index (χ3n) is 3.79. The Kier molecular flexibility index (Phi) is 5.51. The number of aryl methyl sites for hydroxylation is 1. The van der Waals surface area contributed by atoms with E-state index in [1.165, 1.54) is 55.1 Å². The van der Waals surface area contributed by atoms with Crippen LogP contribution in [0.3, 0.4) is 0 Å². The molecule has 0 spiro atoms. The lowest BCUT2D eigenvalue weighted by Gasteiger charge is -2.18. The lowest BCUT2D eigenvalue weighted by Crippen LogP contribution is -2.14. The minimum absolute atomic E-state index is 0.428. The summed E-state index contributed by atoms with van der Waals surface area (Å²) in [7, 11) is 2.82. The molecule has 3 heteroatoms. The molecule has 1 aliphatic carbocycles. The quantitative estimate of drug-likeness (QED) is 0.627. The third-order valence-corrected chi connectivity index (χ3v) is 4.27. The average molecular weight is 279 g/mol. The van der Waals surface area contributed by atoms with Crippen molar-refractivity contribution in [3.63, 3.8) is 0 Å². The van der Waals surface area contributed by atoms with Gasteiger partial charge in [0.1, 0.15) is 5.75 Å². The lowest BCUT2D eigenvalue weighted by atomic mass is 10.2. The maximum atomic E-state index is 6.16. The number of ether oxygens (including phenoxy) is 1. The monoisotopic (exact) mass is 279 g/mol. The molecule has 0 heterocycles. The Balaban J connectivity index is 2.06. The molecule has 1 N–H and O–H groups in total. The Morgan fingerprint density at radius 3 is 2.74 bits per heavy atom. The van der Waals surface area contributed by atoms with Crippen molar-refractivity contribution in [1.82, 2.24) is 0 Å². The van der Waals surface area contributed by atoms with Crippen LogP contribution in [-0.4, -0.2) is 12.6 Å². The van der Waals surface area contributed by atoms with Gasteiger partial charge in [-0.1, -0.05) is 13.3 Å². The summed E-state index contributed by atoms with van der Waals surface area (Å²) in [6.07, 6.45) is 7.90. The molecule has 0 bridgehead atoms. The third kappa shape index (κ3) is 4.11. The second-order valence-corrected chi connectivity index (χ2v) is 6.13. The smallest absolute Gasteiger partial charge is 0.124 e. The van der Waals surface area contributed by atoms with Crippen molar-refractivity contribution in [3.8, 4) is 5.75 Å². The van der Waals surface area contributed by atoms with E-state index in [1.54, 1.807) is 0 Å². The summed E-state index contributed by atoms with van der Waals surface area (Å²) in [5, 5.41) is 4.73. The van der Waals surface area contributed by atoms with E-state index in [0.29, 0.717) is 6.10 Å². The second-order valence-electron chi connectivity index (χ2n) is 5.51. The fourth-order valence-electron chi connectivity index (χ4n) is 2.58. The van der Waals surface area contributed by atoms with E-state index < -0.39 is 0 Å². The highest BCUT2D eigenvalue weighted by atomic mass is 31.0. The molecule has 0 saturated heterocycles. The Labute approximate surface area is 119 Å². The van der Waals surface area contributed by atoms with E-state index in [0.717, 1.165) is 12.3 Å². The topological polar surface area (TPSA) is 21.3 Å². The molecule has 1 aromatic carbocycles. The number of nitrogens with one attached hydrogen (secondary N) is 1. The van der Waals surface area contributed by atoms with Gasteiger partial charge in [-0.3, -0.25) is 0 Å². The minimum atomic E-state index is 0.428. The fourth-order valence-corrected chi connectivity index (χ4v) is 3.01. The number of benzene rings is 1. The number of hydrogen-bond donors (Lipinski definition) is 1. The summed E-state index contributed by atoms with van der Waals surface area (Å²) >= 11 is 0. The predicted octanol–water partition coefficient (Wildman–Crippen LogP) is 4.03. The fraction of sp³-hybridized carbons (Fsp3) is 0.625. The summed E-state index contributed by atoms with van der Waals surface area (Å²) in [4.78, 5) is 0. The van der Waals surface area contributed by atoms with Crippen LogP contribution in [0.5, 0.6) is 5.75 Å². The first-order valence-electron chi connectivity index (χ1n) is 7.51. The Bertz CT molecular complexity index is 413. The van der Waals surface area contributed by atoms with Crippen molar-refractivity contribution in [3.05, 3.63) is 17.7 Å². The maximum Gasteiger partial charge on any atom is 0.124 e. The normalized spacial score (nSPS) is 15.7. The van der Waals surface area contributed by atoms with Crippen molar-refractivity contribution < 1.29 is 4.74 Å². The highest BCUT2D eigenvalue weighted by molar-refractivity contribution is 7.28. The lowest BCUT2D eigenvalue weighted by molar-refractivity contribution is 0.209. The minimum Gasteiger partial charge on any atom is -0.490 e. The van der Waals surface area contributed by atoms with Crippen LogP contribution in [0.15, 0.2) is 12.1 Å². The van der Waals surface area contributed by atoms with Crippen LogP contribution in [0.2, 0.25) is 0 Å². The zero-order valence-electron chi connectivity index (χ0n) is 12.2. The van der Waals surface area contributed by atoms with Crippen LogP contribution in [0.25, 0.3) is 0 Å². The first kappa shape index (κ1) is 14.7. The first-order chi connectivity index (χ1) is 9.20. The number of anilines is 1. The second kappa shape index (κ2) is 7.14. The summed E-state index contributed by atoms with van der Waals surface area (Å²) in [6.45, 7) is 5.38. The van der Waals surface area contributed by atoms with Gasteiger partial charge in [-0.25, -0.2) is 0 Å². The predicted molar refractivity (Wildman–Crippen MR) is 86.8 cm³/mol. The highest BCUT2D eigenvalue weighted by Gasteiger charge is 2.17. The van der Waals surface area contributed by atoms with Crippen LogP contribution >= 0.6 is 9.24 Å².